The Morgan fingerprint density at radius 2 is 0.891 bits per heavy atom. The molecule has 55 heteroatoms. The normalized spacial score (nSPS) is 18.6. The minimum Gasteiger partial charge on any atom is -0.481 e. The maximum atomic E-state index is 14.2. The SMILES string of the molecule is CC(=O)CCP(=O)(O)CN1CCN(CP(=O)(O)CCC(=O)NC(CCC(=O)NCCCC[C@@H]2NC(=O)[C@@H](Cc3ccccc3)NC(=O)[C@H](CC(=O)O)NC(=O)CNC(=O)[C@H](CCCNC(=N)N)NC2=O)C(=O)O)CCN(CP(=O)(O)CCC(=O)N[C@@H](CCC(=O)NCCCC[C@@H](C=O)NC(=O)[C@@H](Cc2ccccc2)NC(=O)[C@H](CC(=O)O)NC(=O)CNC(=O)[C@@H](N)CCCNC(=N)N)C(=O)O)CC1. The number of nitrogens with one attached hydrogen (secondary N) is 17. The molecule has 2 aromatic carbocycles. The van der Waals surface area contributed by atoms with Gasteiger partial charge in [0.05, 0.1) is 56.9 Å². The van der Waals surface area contributed by atoms with Crippen LogP contribution in [0.4, 0.5) is 0 Å². The van der Waals surface area contributed by atoms with E-state index in [1.54, 1.807) is 60.7 Å². The van der Waals surface area contributed by atoms with Crippen LogP contribution in [-0.2, 0) is 118 Å². The molecule has 2 saturated heterocycles. The predicted molar refractivity (Wildman–Crippen MR) is 496 cm³/mol. The van der Waals surface area contributed by atoms with Gasteiger partial charge in [-0.25, -0.2) is 9.59 Å². The summed E-state index contributed by atoms with van der Waals surface area (Å²) in [7, 11) is -12.8. The zero-order valence-electron chi connectivity index (χ0n) is 76.7. The fourth-order valence-electron chi connectivity index (χ4n) is 14.1. The summed E-state index contributed by atoms with van der Waals surface area (Å²) < 4.78 is 41.4. The van der Waals surface area contributed by atoms with E-state index >= 15 is 0 Å². The minimum absolute atomic E-state index is 0.00330. The van der Waals surface area contributed by atoms with Crippen molar-refractivity contribution >= 4 is 147 Å². The van der Waals surface area contributed by atoms with E-state index < -0.39 is 279 Å². The molecular formula is C83H132N23O29P3. The molecule has 2 aromatic rings. The molecule has 13 atom stereocenters. The first kappa shape index (κ1) is 118. The first-order chi connectivity index (χ1) is 65.1. The van der Waals surface area contributed by atoms with Gasteiger partial charge in [0.2, 0.25) is 98.9 Å². The number of aliphatic carboxylic acids is 4. The van der Waals surface area contributed by atoms with Crippen LogP contribution in [0.5, 0.6) is 0 Å². The summed E-state index contributed by atoms with van der Waals surface area (Å²) in [6.45, 7) is -0.317. The second-order valence-electron chi connectivity index (χ2n) is 33.4. The van der Waals surface area contributed by atoms with Crippen LogP contribution in [0.3, 0.4) is 0 Å². The number of carbonyl (C=O) groups is 19. The number of carbonyl (C=O) groups excluding carboxylic acids is 15. The Morgan fingerprint density at radius 3 is 1.37 bits per heavy atom. The zero-order chi connectivity index (χ0) is 103. The Balaban J connectivity index is 1.31. The quantitative estimate of drug-likeness (QED) is 0.00963. The molecule has 13 amide bonds. The number of guanidine groups is 2. The summed E-state index contributed by atoms with van der Waals surface area (Å²) in [5.74, 6) is -18.9. The van der Waals surface area contributed by atoms with Gasteiger partial charge in [0, 0.05) is 129 Å². The molecule has 0 aliphatic carbocycles. The molecule has 0 radical (unpaired) electrons. The number of rotatable bonds is 60. The highest BCUT2D eigenvalue weighted by atomic mass is 31.2. The van der Waals surface area contributed by atoms with Crippen LogP contribution in [-0.4, -0.2) is 351 Å². The van der Waals surface area contributed by atoms with Crippen molar-refractivity contribution in [3.8, 4) is 0 Å². The minimum atomic E-state index is -4.40. The highest BCUT2D eigenvalue weighted by Crippen LogP contribution is 2.45. The maximum absolute atomic E-state index is 14.2. The lowest BCUT2D eigenvalue weighted by molar-refractivity contribution is -0.142. The van der Waals surface area contributed by atoms with Crippen LogP contribution < -0.4 is 97.0 Å². The van der Waals surface area contributed by atoms with Crippen LogP contribution in [0.15, 0.2) is 60.7 Å². The number of hydrogen-bond donors (Lipinski definition) is 27. The smallest absolute Gasteiger partial charge is 0.326 e. The van der Waals surface area contributed by atoms with E-state index in [2.05, 4.69) is 79.8 Å². The van der Waals surface area contributed by atoms with Crippen molar-refractivity contribution < 1.29 is 140 Å². The number of amides is 13. The number of aldehydes is 1. The molecular weight excluding hydrogens is 1880 g/mol. The Morgan fingerprint density at radius 1 is 0.457 bits per heavy atom. The lowest BCUT2D eigenvalue weighted by atomic mass is 10.0. The Bertz CT molecular complexity index is 4650. The van der Waals surface area contributed by atoms with Gasteiger partial charge >= 0.3 is 23.9 Å². The summed E-state index contributed by atoms with van der Waals surface area (Å²) in [5, 5.41) is 90.6. The van der Waals surface area contributed by atoms with Crippen molar-refractivity contribution in [3.05, 3.63) is 71.8 Å². The number of unbranched alkanes of at least 4 members (excludes halogenated alkanes) is 2. The van der Waals surface area contributed by atoms with Gasteiger partial charge in [0.1, 0.15) is 60.4 Å². The molecule has 4 unspecified atom stereocenters. The van der Waals surface area contributed by atoms with Crippen molar-refractivity contribution in [1.82, 2.24) is 94.5 Å². The first-order valence-electron chi connectivity index (χ1n) is 44.8. The summed E-state index contributed by atoms with van der Waals surface area (Å²) in [6, 6.07) is 1.72. The molecule has 2 aliphatic rings. The molecule has 0 spiro atoms. The van der Waals surface area contributed by atoms with E-state index in [0.29, 0.717) is 23.8 Å². The van der Waals surface area contributed by atoms with Crippen molar-refractivity contribution in [2.75, 3.05) is 116 Å². The molecule has 768 valence electrons. The molecule has 4 rings (SSSR count). The third kappa shape index (κ3) is 50.7. The van der Waals surface area contributed by atoms with E-state index in [1.807, 2.05) is 0 Å². The van der Waals surface area contributed by atoms with E-state index in [9.17, 15) is 140 Å². The van der Waals surface area contributed by atoms with Crippen molar-refractivity contribution in [2.45, 2.75) is 202 Å². The van der Waals surface area contributed by atoms with Crippen LogP contribution in [0.1, 0.15) is 140 Å². The summed E-state index contributed by atoms with van der Waals surface area (Å²) >= 11 is 0. The lowest BCUT2D eigenvalue weighted by Crippen LogP contribution is -2.58. The van der Waals surface area contributed by atoms with Gasteiger partial charge in [-0.1, -0.05) is 60.7 Å². The fourth-order valence-corrected chi connectivity index (χ4v) is 19.0. The van der Waals surface area contributed by atoms with E-state index in [0.717, 1.165) is 0 Å². The standard InChI is InChI=1S/C83H132N23O29P3/c1-52(108)26-39-136(130,131)49-104-33-35-105(50-137(132,133)40-27-67(111)96-59(80(126)127)22-24-65(109)89-29-10-8-18-55(48-107)95-76(122)61(42-53-14-4-2-5-15-53)102-78(124)63(44-71(115)116)98-69(113)46-93-73(119)56(84)19-12-31-91-82(85)86)37-38-106(36-34-104)51-138(134,135)41-28-68(112)97-60(81(128)129)23-25-66(110)90-30-11-9-20-58-75(121)100-57(21-13-32-92-83(87)88)74(120)94-47-70(114)99-64(45-72(117)118)79(125)103-62(77(123)101-58)43-54-16-6-3-7-17-54/h2-7,14-17,48,55-64H,8-13,18-47,49-51,84H2,1H3,(H,89,109)(H,90,110)(H,93,119)(H,94,120)(H,95,122)(H,96,111)(H,97,112)(H,98,113)(H,99,114)(H,100,121)(H,101,123)(H,102,124)(H,103,125)(H,115,116)(H,117,118)(H,126,127)(H,128,129)(H,130,131)(H,132,133)(H,134,135)(H4,85,86,91)(H4,87,88,92)/t55-,56-,57-,58-,59-,60?,61+,62+,63-,64-/m0/s1. The molecule has 30 N–H and O–H groups in total. The molecule has 2 aliphatic heterocycles. The number of carboxylic acid groups (broad SMARTS) is 4. The van der Waals surface area contributed by atoms with Crippen LogP contribution in [0.25, 0.3) is 0 Å². The van der Waals surface area contributed by atoms with Crippen LogP contribution in [0, 0.1) is 10.8 Å². The molecule has 0 bridgehead atoms. The van der Waals surface area contributed by atoms with Gasteiger partial charge in [-0.05, 0) is 95.1 Å². The molecule has 0 saturated carbocycles. The Hall–Kier alpha value is -12.3. The predicted octanol–water partition coefficient (Wildman–Crippen LogP) is -6.25. The lowest BCUT2D eigenvalue weighted by Gasteiger charge is -2.28. The van der Waals surface area contributed by atoms with E-state index in [1.165, 1.54) is 21.6 Å². The second kappa shape index (κ2) is 61.8. The maximum Gasteiger partial charge on any atom is 0.326 e. The topological polar surface area (TPSA) is 833 Å². The second-order valence-corrected chi connectivity index (χ2v) is 40.7. The van der Waals surface area contributed by atoms with Crippen molar-refractivity contribution in [3.63, 3.8) is 0 Å². The van der Waals surface area contributed by atoms with Crippen LogP contribution >= 0.6 is 22.1 Å². The number of nitrogens with zero attached hydrogens (tertiary/aromatic N) is 3. The summed E-state index contributed by atoms with van der Waals surface area (Å²) in [4.78, 5) is 285. The average molecular weight is 2010 g/mol. The highest BCUT2D eigenvalue weighted by Gasteiger charge is 2.38. The fraction of sp³-hybridized carbons (Fsp3) is 0.602. The number of Topliss-reactive ketones (excluding diaryl/α,β-unsaturated/α-hetero) is 1. The number of nitrogens with two attached hydrogens (primary N) is 3. The van der Waals surface area contributed by atoms with Gasteiger partial charge in [-0.15, -0.1) is 0 Å². The zero-order valence-corrected chi connectivity index (χ0v) is 79.4. The molecule has 2 fully saturated rings. The number of benzene rings is 2. The summed E-state index contributed by atoms with van der Waals surface area (Å²) in [5.41, 5.74) is 17.6. The third-order valence-corrected chi connectivity index (χ3v) is 26.9. The first-order valence-corrected chi connectivity index (χ1v) is 50.9. The molecule has 0 aromatic heterocycles. The van der Waals surface area contributed by atoms with Gasteiger partial charge in [0.25, 0.3) is 0 Å². The summed E-state index contributed by atoms with van der Waals surface area (Å²) in [6.07, 6.45) is -7.78. The van der Waals surface area contributed by atoms with Gasteiger partial charge < -0.3 is 142 Å². The number of ketones is 1. The Kier molecular flexibility index (Phi) is 52.9. The van der Waals surface area contributed by atoms with Gasteiger partial charge in [-0.2, -0.15) is 0 Å². The third-order valence-electron chi connectivity index (χ3n) is 21.6. The highest BCUT2D eigenvalue weighted by molar-refractivity contribution is 7.58. The Labute approximate surface area is 795 Å². The molecule has 52 nitrogen and oxygen atoms in total. The van der Waals surface area contributed by atoms with Crippen LogP contribution in [0.2, 0.25) is 0 Å². The van der Waals surface area contributed by atoms with Crippen molar-refractivity contribution in [1.29, 1.82) is 10.8 Å². The molecule has 2 heterocycles. The largest absolute Gasteiger partial charge is 0.481 e. The number of carboxylic acids is 4. The monoisotopic (exact) mass is 2010 g/mol. The molecule has 138 heavy (non-hydrogen) atoms. The van der Waals surface area contributed by atoms with Crippen molar-refractivity contribution in [2.24, 2.45) is 17.2 Å². The van der Waals surface area contributed by atoms with Gasteiger partial charge in [-0.3, -0.25) is 111 Å². The average Bonchev–Trinajstić information content (AvgIpc) is 1.74. The van der Waals surface area contributed by atoms with Gasteiger partial charge in [0.15, 0.2) is 11.9 Å². The van der Waals surface area contributed by atoms with E-state index in [-0.39, 0.29) is 166 Å². The number of hydrogen-bond acceptors (Lipinski definition) is 28. The van der Waals surface area contributed by atoms with E-state index in [4.69, 9.17) is 28.0 Å².